The van der Waals surface area contributed by atoms with Crippen LogP contribution in [0.5, 0.6) is 0 Å². The van der Waals surface area contributed by atoms with Crippen LogP contribution < -0.4 is 0 Å². The Balaban J connectivity index is 2.21. The lowest BCUT2D eigenvalue weighted by molar-refractivity contribution is -0.0770. The summed E-state index contributed by atoms with van der Waals surface area (Å²) < 4.78 is 0. The zero-order valence-electron chi connectivity index (χ0n) is 5.46. The zero-order chi connectivity index (χ0) is 6.91. The molecule has 1 N–H and O–H groups in total. The van der Waals surface area contributed by atoms with Crippen molar-refractivity contribution in [3.63, 3.8) is 0 Å². The summed E-state index contributed by atoms with van der Waals surface area (Å²) in [5.41, 5.74) is -0.531. The molecule has 0 radical (unpaired) electrons. The molecule has 1 aliphatic rings. The van der Waals surface area contributed by atoms with Crippen LogP contribution in [-0.4, -0.2) is 35.2 Å². The van der Waals surface area contributed by atoms with Crippen LogP contribution in [0, 0.1) is 11.3 Å². The van der Waals surface area contributed by atoms with Gasteiger partial charge in [-0.25, -0.2) is 0 Å². The Labute approximate surface area is 54.5 Å². The number of nitrogens with zero attached hydrogens (tertiary/aromatic N) is 2. The molecule has 1 aliphatic heterocycles. The molecule has 0 aromatic heterocycles. The van der Waals surface area contributed by atoms with E-state index in [2.05, 4.69) is 0 Å². The second kappa shape index (κ2) is 1.98. The maximum atomic E-state index is 9.16. The van der Waals surface area contributed by atoms with Gasteiger partial charge in [0, 0.05) is 13.1 Å². The van der Waals surface area contributed by atoms with Crippen LogP contribution in [0.15, 0.2) is 0 Å². The minimum absolute atomic E-state index is 0.441. The van der Waals surface area contributed by atoms with Crippen molar-refractivity contribution in [2.75, 3.05) is 19.6 Å². The molecule has 3 nitrogen and oxygen atoms in total. The lowest BCUT2D eigenvalue weighted by Crippen LogP contribution is -2.59. The van der Waals surface area contributed by atoms with Crippen molar-refractivity contribution in [1.29, 1.82) is 5.26 Å². The maximum Gasteiger partial charge on any atom is 0.0872 e. The van der Waals surface area contributed by atoms with Gasteiger partial charge in [-0.05, 0) is 6.92 Å². The molecule has 0 bridgehead atoms. The molecule has 0 atom stereocenters. The van der Waals surface area contributed by atoms with E-state index in [0.717, 1.165) is 0 Å². The fourth-order valence-electron chi connectivity index (χ4n) is 1.13. The molecule has 9 heavy (non-hydrogen) atoms. The molecule has 0 aromatic carbocycles. The monoisotopic (exact) mass is 126 g/mol. The fourth-order valence-corrected chi connectivity index (χ4v) is 1.13. The third-order valence-corrected chi connectivity index (χ3v) is 1.42. The number of likely N-dealkylation sites (tertiary alicyclic amines) is 1. The number of aliphatic hydroxyl groups is 1. The van der Waals surface area contributed by atoms with E-state index < -0.39 is 5.60 Å². The Kier molecular flexibility index (Phi) is 1.43. The third kappa shape index (κ3) is 1.41. The van der Waals surface area contributed by atoms with Crippen molar-refractivity contribution >= 4 is 0 Å². The molecular weight excluding hydrogens is 116 g/mol. The number of nitriles is 1. The van der Waals surface area contributed by atoms with Crippen LogP contribution >= 0.6 is 0 Å². The van der Waals surface area contributed by atoms with Gasteiger partial charge in [-0.1, -0.05) is 0 Å². The first-order valence-corrected chi connectivity index (χ1v) is 2.96. The Morgan fingerprint density at radius 1 is 1.78 bits per heavy atom. The average molecular weight is 126 g/mol. The van der Waals surface area contributed by atoms with E-state index in [9.17, 15) is 0 Å². The first kappa shape index (κ1) is 6.53. The highest BCUT2D eigenvalue weighted by Gasteiger charge is 2.35. The van der Waals surface area contributed by atoms with E-state index in [0.29, 0.717) is 19.6 Å². The summed E-state index contributed by atoms with van der Waals surface area (Å²) in [6, 6.07) is 2.02. The largest absolute Gasteiger partial charge is 0.388 e. The molecule has 1 heterocycles. The number of rotatable bonds is 1. The summed E-state index contributed by atoms with van der Waals surface area (Å²) >= 11 is 0. The Hall–Kier alpha value is -0.590. The Morgan fingerprint density at radius 2 is 2.33 bits per heavy atom. The van der Waals surface area contributed by atoms with Gasteiger partial charge < -0.3 is 5.11 Å². The summed E-state index contributed by atoms with van der Waals surface area (Å²) in [5, 5.41) is 17.4. The van der Waals surface area contributed by atoms with E-state index in [-0.39, 0.29) is 0 Å². The van der Waals surface area contributed by atoms with Gasteiger partial charge in [0.2, 0.25) is 0 Å². The molecule has 50 valence electrons. The molecule has 0 unspecified atom stereocenters. The Bertz CT molecular complexity index is 140. The third-order valence-electron chi connectivity index (χ3n) is 1.42. The van der Waals surface area contributed by atoms with Crippen molar-refractivity contribution in [1.82, 2.24) is 4.90 Å². The molecule has 0 spiro atoms. The van der Waals surface area contributed by atoms with Crippen molar-refractivity contribution < 1.29 is 5.11 Å². The lowest BCUT2D eigenvalue weighted by Gasteiger charge is -2.42. The molecular formula is C6H10N2O. The minimum atomic E-state index is -0.531. The van der Waals surface area contributed by atoms with Gasteiger partial charge in [0.25, 0.3) is 0 Å². The van der Waals surface area contributed by atoms with Gasteiger partial charge in [-0.2, -0.15) is 5.26 Å². The zero-order valence-corrected chi connectivity index (χ0v) is 5.46. The summed E-state index contributed by atoms with van der Waals surface area (Å²) in [6.07, 6.45) is 0. The van der Waals surface area contributed by atoms with Gasteiger partial charge in [-0.3, -0.25) is 4.90 Å². The lowest BCUT2D eigenvalue weighted by atomic mass is 9.97. The van der Waals surface area contributed by atoms with Crippen LogP contribution in [0.3, 0.4) is 0 Å². The normalized spacial score (nSPS) is 24.6. The fraction of sp³-hybridized carbons (Fsp3) is 0.833. The average Bonchev–Trinajstić information content (AvgIpc) is 1.62. The van der Waals surface area contributed by atoms with Crippen molar-refractivity contribution in [3.8, 4) is 6.07 Å². The summed E-state index contributed by atoms with van der Waals surface area (Å²) in [7, 11) is 0. The van der Waals surface area contributed by atoms with Gasteiger partial charge in [-0.15, -0.1) is 0 Å². The Morgan fingerprint density at radius 3 is 2.67 bits per heavy atom. The van der Waals surface area contributed by atoms with Crippen molar-refractivity contribution in [2.45, 2.75) is 12.5 Å². The van der Waals surface area contributed by atoms with E-state index in [1.165, 1.54) is 0 Å². The SMILES string of the molecule is CC1(O)CN(CC#N)C1. The highest BCUT2D eigenvalue weighted by Crippen LogP contribution is 2.18. The van der Waals surface area contributed by atoms with Crippen LogP contribution in [-0.2, 0) is 0 Å². The van der Waals surface area contributed by atoms with E-state index in [4.69, 9.17) is 10.4 Å². The van der Waals surface area contributed by atoms with E-state index in [1.54, 1.807) is 6.92 Å². The van der Waals surface area contributed by atoms with Crippen LogP contribution in [0.1, 0.15) is 6.92 Å². The maximum absolute atomic E-state index is 9.16. The number of hydrogen-bond donors (Lipinski definition) is 1. The molecule has 0 aromatic rings. The molecule has 1 saturated heterocycles. The first-order chi connectivity index (χ1) is 4.14. The molecule has 0 amide bonds. The van der Waals surface area contributed by atoms with Gasteiger partial charge >= 0.3 is 0 Å². The molecule has 3 heteroatoms. The quantitative estimate of drug-likeness (QED) is 0.485. The summed E-state index contributed by atoms with van der Waals surface area (Å²) in [4.78, 5) is 1.90. The number of hydrogen-bond acceptors (Lipinski definition) is 3. The second-order valence-electron chi connectivity index (χ2n) is 2.80. The molecule has 1 fully saturated rings. The predicted octanol–water partition coefficient (Wildman–Crippen LogP) is -0.423. The number of β-amino-alcohol motifs (C(OH)–C–C–N with tert-alkyl or cyclic N) is 1. The van der Waals surface area contributed by atoms with Gasteiger partial charge in [0.1, 0.15) is 0 Å². The summed E-state index contributed by atoms with van der Waals surface area (Å²) in [6.45, 7) is 3.50. The first-order valence-electron chi connectivity index (χ1n) is 2.96. The molecule has 1 rings (SSSR count). The predicted molar refractivity (Wildman–Crippen MR) is 32.7 cm³/mol. The van der Waals surface area contributed by atoms with Crippen molar-refractivity contribution in [2.24, 2.45) is 0 Å². The van der Waals surface area contributed by atoms with Gasteiger partial charge in [0.05, 0.1) is 18.2 Å². The molecule has 0 aliphatic carbocycles. The highest BCUT2D eigenvalue weighted by atomic mass is 16.3. The standard InChI is InChI=1S/C6H10N2O/c1-6(9)4-8(5-6)3-2-7/h9H,3-5H2,1H3. The van der Waals surface area contributed by atoms with Crippen LogP contribution in [0.4, 0.5) is 0 Å². The topological polar surface area (TPSA) is 47.3 Å². The van der Waals surface area contributed by atoms with Gasteiger partial charge in [0.15, 0.2) is 0 Å². The second-order valence-corrected chi connectivity index (χ2v) is 2.80. The van der Waals surface area contributed by atoms with Crippen LogP contribution in [0.25, 0.3) is 0 Å². The van der Waals surface area contributed by atoms with Crippen LogP contribution in [0.2, 0.25) is 0 Å². The summed E-state index contributed by atoms with van der Waals surface area (Å²) in [5.74, 6) is 0. The smallest absolute Gasteiger partial charge is 0.0872 e. The molecule has 0 saturated carbocycles. The highest BCUT2D eigenvalue weighted by molar-refractivity contribution is 4.94. The van der Waals surface area contributed by atoms with Crippen molar-refractivity contribution in [3.05, 3.63) is 0 Å². The van der Waals surface area contributed by atoms with E-state index >= 15 is 0 Å². The minimum Gasteiger partial charge on any atom is -0.388 e. The van der Waals surface area contributed by atoms with E-state index in [1.807, 2.05) is 11.0 Å².